The number of hydrogen-bond acceptors (Lipinski definition) is 6. The van der Waals surface area contributed by atoms with E-state index < -0.39 is 51.7 Å². The highest BCUT2D eigenvalue weighted by molar-refractivity contribution is 6.03. The van der Waals surface area contributed by atoms with E-state index in [0.29, 0.717) is 6.42 Å². The van der Waals surface area contributed by atoms with E-state index >= 15 is 0 Å². The first-order valence-electron chi connectivity index (χ1n) is 6.63. The number of nitro benzene ring substituents is 1. The van der Waals surface area contributed by atoms with Crippen LogP contribution in [0.3, 0.4) is 0 Å². The van der Waals surface area contributed by atoms with Crippen LogP contribution in [0.4, 0.5) is 5.69 Å². The zero-order valence-electron chi connectivity index (χ0n) is 12.4. The van der Waals surface area contributed by atoms with Crippen molar-refractivity contribution in [1.29, 1.82) is 0 Å². The summed E-state index contributed by atoms with van der Waals surface area (Å²) in [6.45, 7) is 3.26. The second-order valence-electron chi connectivity index (χ2n) is 4.76. The highest BCUT2D eigenvalue weighted by Gasteiger charge is 2.35. The van der Waals surface area contributed by atoms with Crippen molar-refractivity contribution in [3.8, 4) is 0 Å². The van der Waals surface area contributed by atoms with Crippen LogP contribution >= 0.6 is 0 Å². The molecule has 0 aliphatic heterocycles. The molecule has 0 aliphatic carbocycles. The molecule has 0 fully saturated rings. The van der Waals surface area contributed by atoms with E-state index in [-0.39, 0.29) is 0 Å². The lowest BCUT2D eigenvalue weighted by Crippen LogP contribution is -2.28. The second-order valence-corrected chi connectivity index (χ2v) is 4.76. The molecule has 0 spiro atoms. The van der Waals surface area contributed by atoms with E-state index in [1.165, 1.54) is 0 Å². The van der Waals surface area contributed by atoms with Crippen molar-refractivity contribution in [1.82, 2.24) is 0 Å². The third kappa shape index (κ3) is 4.25. The van der Waals surface area contributed by atoms with E-state index in [9.17, 15) is 29.6 Å². The first-order valence-corrected chi connectivity index (χ1v) is 6.63. The molecule has 2 unspecified atom stereocenters. The molecule has 1 rings (SSSR count). The summed E-state index contributed by atoms with van der Waals surface area (Å²) in [7, 11) is 0. The molecule has 23 heavy (non-hydrogen) atoms. The Kier molecular flexibility index (Phi) is 5.77. The molecule has 0 amide bonds. The first kappa shape index (κ1) is 18.1. The Labute approximate surface area is 130 Å². The number of esters is 1. The molecule has 2 N–H and O–H groups in total. The number of carbonyl (C=O) groups is 3. The molecule has 1 aromatic carbocycles. The number of aliphatic carboxylic acids is 1. The second kappa shape index (κ2) is 7.34. The largest absolute Gasteiger partial charge is 0.480 e. The molecule has 0 saturated heterocycles. The minimum absolute atomic E-state index is 0.429. The number of nitro groups is 1. The zero-order chi connectivity index (χ0) is 17.7. The van der Waals surface area contributed by atoms with E-state index in [2.05, 4.69) is 0 Å². The number of carboxylic acid groups (broad SMARTS) is 2. The van der Waals surface area contributed by atoms with Gasteiger partial charge in [-0.2, -0.15) is 0 Å². The molecule has 124 valence electrons. The molecule has 2 atom stereocenters. The average molecular weight is 325 g/mol. The highest BCUT2D eigenvalue weighted by atomic mass is 16.6. The number of nitrogens with zero attached hydrogens (tertiary/aromatic N) is 1. The minimum Gasteiger partial charge on any atom is -0.480 e. The zero-order valence-corrected chi connectivity index (χ0v) is 12.4. The Morgan fingerprint density at radius 2 is 1.91 bits per heavy atom. The van der Waals surface area contributed by atoms with Crippen LogP contribution in [-0.4, -0.2) is 39.1 Å². The predicted octanol–water partition coefficient (Wildman–Crippen LogP) is 1.80. The van der Waals surface area contributed by atoms with Crippen LogP contribution in [0, 0.1) is 10.1 Å². The summed E-state index contributed by atoms with van der Waals surface area (Å²) in [5.74, 6) is -6.29. The fourth-order valence-electron chi connectivity index (χ4n) is 1.81. The molecular formula is C14H15NO8. The Morgan fingerprint density at radius 3 is 2.35 bits per heavy atom. The van der Waals surface area contributed by atoms with Gasteiger partial charge in [-0.05, 0) is 25.0 Å². The van der Waals surface area contributed by atoms with Gasteiger partial charge in [-0.3, -0.25) is 19.7 Å². The maximum atomic E-state index is 12.0. The number of benzene rings is 1. The summed E-state index contributed by atoms with van der Waals surface area (Å²) in [6.07, 6.45) is -0.143. The SMILES string of the molecule is CCC(C)OC(=O)C(C(=O)O)c1cc([N+](=O)[O-])ccc1C(=O)O. The van der Waals surface area contributed by atoms with Crippen LogP contribution in [0.1, 0.15) is 42.1 Å². The van der Waals surface area contributed by atoms with E-state index in [1.807, 2.05) is 0 Å². The fraction of sp³-hybridized carbons (Fsp3) is 0.357. The van der Waals surface area contributed by atoms with Gasteiger partial charge in [-0.15, -0.1) is 0 Å². The summed E-state index contributed by atoms with van der Waals surface area (Å²) in [5, 5.41) is 29.2. The Bertz CT molecular complexity index is 654. The molecule has 0 aliphatic rings. The maximum Gasteiger partial charge on any atom is 0.336 e. The van der Waals surface area contributed by atoms with Crippen molar-refractivity contribution in [3.63, 3.8) is 0 Å². The quantitative estimate of drug-likeness (QED) is 0.334. The molecule has 0 bridgehead atoms. The van der Waals surface area contributed by atoms with Crippen molar-refractivity contribution in [2.45, 2.75) is 32.3 Å². The normalized spacial score (nSPS) is 13.0. The molecule has 1 aromatic rings. The highest BCUT2D eigenvalue weighted by Crippen LogP contribution is 2.27. The van der Waals surface area contributed by atoms with Gasteiger partial charge in [-0.1, -0.05) is 6.92 Å². The van der Waals surface area contributed by atoms with E-state index in [1.54, 1.807) is 13.8 Å². The fourth-order valence-corrected chi connectivity index (χ4v) is 1.81. The van der Waals surface area contributed by atoms with Gasteiger partial charge in [-0.25, -0.2) is 4.79 Å². The van der Waals surface area contributed by atoms with Gasteiger partial charge in [0.1, 0.15) is 0 Å². The Balaban J connectivity index is 3.43. The van der Waals surface area contributed by atoms with Crippen LogP contribution in [-0.2, 0) is 14.3 Å². The summed E-state index contributed by atoms with van der Waals surface area (Å²) in [6, 6.07) is 2.58. The molecule has 9 nitrogen and oxygen atoms in total. The number of carbonyl (C=O) groups excluding carboxylic acids is 1. The number of aromatic carboxylic acids is 1. The van der Waals surface area contributed by atoms with Crippen LogP contribution in [0.2, 0.25) is 0 Å². The van der Waals surface area contributed by atoms with Crippen molar-refractivity contribution in [2.24, 2.45) is 0 Å². The monoisotopic (exact) mass is 325 g/mol. The van der Waals surface area contributed by atoms with Crippen LogP contribution in [0.25, 0.3) is 0 Å². The third-order valence-electron chi connectivity index (χ3n) is 3.16. The molecule has 9 heteroatoms. The van der Waals surface area contributed by atoms with Gasteiger partial charge in [0.15, 0.2) is 5.92 Å². The number of ether oxygens (including phenoxy) is 1. The van der Waals surface area contributed by atoms with Crippen LogP contribution in [0.15, 0.2) is 18.2 Å². The van der Waals surface area contributed by atoms with Gasteiger partial charge in [0, 0.05) is 12.1 Å². The molecule has 0 heterocycles. The molecule has 0 radical (unpaired) electrons. The lowest BCUT2D eigenvalue weighted by molar-refractivity contribution is -0.384. The standard InChI is InChI=1S/C14H15NO8/c1-3-7(2)23-14(20)11(13(18)19)10-6-8(15(21)22)4-5-9(10)12(16)17/h4-7,11H,3H2,1-2H3,(H,16,17)(H,18,19). The number of non-ortho nitro benzene ring substituents is 1. The molecular weight excluding hydrogens is 310 g/mol. The Morgan fingerprint density at radius 1 is 1.30 bits per heavy atom. The van der Waals surface area contributed by atoms with Crippen molar-refractivity contribution >= 4 is 23.6 Å². The van der Waals surface area contributed by atoms with Crippen LogP contribution < -0.4 is 0 Å². The van der Waals surface area contributed by atoms with Gasteiger partial charge in [0.25, 0.3) is 5.69 Å². The molecule has 0 saturated carbocycles. The smallest absolute Gasteiger partial charge is 0.336 e. The Hall–Kier alpha value is -2.97. The lowest BCUT2D eigenvalue weighted by atomic mass is 9.93. The number of rotatable bonds is 7. The summed E-state index contributed by atoms with van der Waals surface area (Å²) >= 11 is 0. The number of hydrogen-bond donors (Lipinski definition) is 2. The van der Waals surface area contributed by atoms with Crippen molar-refractivity contribution in [3.05, 3.63) is 39.4 Å². The number of carboxylic acids is 2. The maximum absolute atomic E-state index is 12.0. The molecule has 0 aromatic heterocycles. The van der Waals surface area contributed by atoms with Crippen molar-refractivity contribution < 1.29 is 34.3 Å². The lowest BCUT2D eigenvalue weighted by Gasteiger charge is -2.17. The van der Waals surface area contributed by atoms with E-state index in [0.717, 1.165) is 18.2 Å². The van der Waals surface area contributed by atoms with Gasteiger partial charge >= 0.3 is 17.9 Å². The third-order valence-corrected chi connectivity index (χ3v) is 3.16. The summed E-state index contributed by atoms with van der Waals surface area (Å²) < 4.78 is 4.93. The first-order chi connectivity index (χ1) is 10.7. The minimum atomic E-state index is -1.96. The predicted molar refractivity (Wildman–Crippen MR) is 76.3 cm³/mol. The van der Waals surface area contributed by atoms with E-state index in [4.69, 9.17) is 9.84 Å². The van der Waals surface area contributed by atoms with Crippen molar-refractivity contribution in [2.75, 3.05) is 0 Å². The van der Waals surface area contributed by atoms with Crippen LogP contribution in [0.5, 0.6) is 0 Å². The van der Waals surface area contributed by atoms with Gasteiger partial charge in [0.2, 0.25) is 0 Å². The van der Waals surface area contributed by atoms with Gasteiger partial charge in [0.05, 0.1) is 16.6 Å². The average Bonchev–Trinajstić information content (AvgIpc) is 2.46. The summed E-state index contributed by atoms with van der Waals surface area (Å²) in [5.41, 5.74) is -1.52. The topological polar surface area (TPSA) is 144 Å². The summed E-state index contributed by atoms with van der Waals surface area (Å²) in [4.78, 5) is 44.7. The van der Waals surface area contributed by atoms with Gasteiger partial charge < -0.3 is 14.9 Å².